The Balaban J connectivity index is 3.66. The van der Waals surface area contributed by atoms with Crippen molar-refractivity contribution in [3.8, 4) is 0 Å². The first-order valence-corrected chi connectivity index (χ1v) is 3.22. The second-order valence-electron chi connectivity index (χ2n) is 1.76. The van der Waals surface area contributed by atoms with Gasteiger partial charge in [0, 0.05) is 0 Å². The van der Waals surface area contributed by atoms with Gasteiger partial charge < -0.3 is 5.73 Å². The minimum Gasteiger partial charge on any atom is -0.387 e. The molecule has 0 spiro atoms. The lowest BCUT2D eigenvalue weighted by Gasteiger charge is -2.13. The van der Waals surface area contributed by atoms with E-state index in [-0.39, 0.29) is 0 Å². The number of rotatable bonds is 6. The first-order chi connectivity index (χ1) is 5.35. The fourth-order valence-electron chi connectivity index (χ4n) is 0.523. The minimum absolute atomic E-state index is 0.587. The molecule has 0 aromatic heterocycles. The van der Waals surface area contributed by atoms with E-state index in [2.05, 4.69) is 18.3 Å². The average molecular weight is 155 g/mol. The van der Waals surface area contributed by atoms with Gasteiger partial charge >= 0.3 is 0 Å². The molecule has 0 unspecified atom stereocenters. The quantitative estimate of drug-likeness (QED) is 0.263. The number of oxime groups is 1. The Kier molecular flexibility index (Phi) is 6.02. The van der Waals surface area contributed by atoms with Crippen LogP contribution >= 0.6 is 0 Å². The molecule has 0 aromatic rings. The van der Waals surface area contributed by atoms with Crippen LogP contribution in [0.15, 0.2) is 30.5 Å². The Hall–Kier alpha value is -1.29. The largest absolute Gasteiger partial charge is 0.387 e. The molecule has 0 aromatic carbocycles. The average Bonchev–Trinajstić information content (AvgIpc) is 2.01. The van der Waals surface area contributed by atoms with E-state index in [1.807, 2.05) is 0 Å². The summed E-state index contributed by atoms with van der Waals surface area (Å²) >= 11 is 0. The maximum atomic E-state index is 4.97. The van der Waals surface area contributed by atoms with Gasteiger partial charge in [-0.05, 0) is 0 Å². The zero-order valence-corrected chi connectivity index (χ0v) is 6.44. The van der Waals surface area contributed by atoms with E-state index in [4.69, 9.17) is 10.7 Å². The predicted molar refractivity (Wildman–Crippen MR) is 45.7 cm³/mol. The molecule has 0 bridgehead atoms. The standard InChI is InChI=1S/C7H13N3O/c1-3-5-10(6-4-2)11-9-7-8/h3-4,7H,1-2,5-6H2,(H2,8,9). The summed E-state index contributed by atoms with van der Waals surface area (Å²) in [4.78, 5) is 4.81. The maximum Gasteiger partial charge on any atom is 0.128 e. The van der Waals surface area contributed by atoms with Gasteiger partial charge in [0.1, 0.15) is 6.34 Å². The van der Waals surface area contributed by atoms with Gasteiger partial charge in [0.05, 0.1) is 13.1 Å². The molecule has 0 radical (unpaired) electrons. The van der Waals surface area contributed by atoms with E-state index >= 15 is 0 Å². The smallest absolute Gasteiger partial charge is 0.128 e. The Bertz CT molecular complexity index is 135. The van der Waals surface area contributed by atoms with Gasteiger partial charge in [-0.1, -0.05) is 17.3 Å². The molecule has 0 heterocycles. The third kappa shape index (κ3) is 5.17. The van der Waals surface area contributed by atoms with Crippen LogP contribution in [0.1, 0.15) is 0 Å². The van der Waals surface area contributed by atoms with Crippen LogP contribution in [0.25, 0.3) is 0 Å². The van der Waals surface area contributed by atoms with Crippen molar-refractivity contribution in [2.45, 2.75) is 0 Å². The van der Waals surface area contributed by atoms with Gasteiger partial charge in [-0.25, -0.2) is 0 Å². The third-order valence-electron chi connectivity index (χ3n) is 0.889. The molecule has 0 aliphatic carbocycles. The van der Waals surface area contributed by atoms with Crippen molar-refractivity contribution in [1.29, 1.82) is 0 Å². The van der Waals surface area contributed by atoms with Crippen LogP contribution in [0.5, 0.6) is 0 Å². The fraction of sp³-hybridized carbons (Fsp3) is 0.286. The zero-order chi connectivity index (χ0) is 8.53. The predicted octanol–water partition coefficient (Wildman–Crippen LogP) is 0.494. The summed E-state index contributed by atoms with van der Waals surface area (Å²) in [5, 5.41) is 4.95. The van der Waals surface area contributed by atoms with Crippen molar-refractivity contribution in [1.82, 2.24) is 5.06 Å². The van der Waals surface area contributed by atoms with Crippen molar-refractivity contribution in [3.63, 3.8) is 0 Å². The van der Waals surface area contributed by atoms with Crippen molar-refractivity contribution in [2.24, 2.45) is 10.9 Å². The highest BCUT2D eigenvalue weighted by Crippen LogP contribution is 1.90. The number of nitrogens with two attached hydrogens (primary N) is 1. The van der Waals surface area contributed by atoms with Crippen LogP contribution in [-0.2, 0) is 4.94 Å². The first kappa shape index (κ1) is 9.71. The zero-order valence-electron chi connectivity index (χ0n) is 6.44. The van der Waals surface area contributed by atoms with E-state index in [1.165, 1.54) is 0 Å². The van der Waals surface area contributed by atoms with Crippen LogP contribution in [0, 0.1) is 0 Å². The first-order valence-electron chi connectivity index (χ1n) is 3.22. The Morgan fingerprint density at radius 2 is 1.91 bits per heavy atom. The highest BCUT2D eigenvalue weighted by atomic mass is 16.8. The van der Waals surface area contributed by atoms with Crippen molar-refractivity contribution in [2.75, 3.05) is 13.1 Å². The van der Waals surface area contributed by atoms with Gasteiger partial charge in [-0.2, -0.15) is 0 Å². The monoisotopic (exact) mass is 155 g/mol. The molecule has 11 heavy (non-hydrogen) atoms. The molecule has 0 saturated carbocycles. The lowest BCUT2D eigenvalue weighted by molar-refractivity contribution is -0.142. The van der Waals surface area contributed by atoms with E-state index < -0.39 is 0 Å². The van der Waals surface area contributed by atoms with Crippen molar-refractivity contribution >= 4 is 6.34 Å². The second kappa shape index (κ2) is 6.82. The summed E-state index contributed by atoms with van der Waals surface area (Å²) in [5.41, 5.74) is 4.97. The molecule has 0 amide bonds. The van der Waals surface area contributed by atoms with Gasteiger partial charge in [-0.3, -0.25) is 4.94 Å². The van der Waals surface area contributed by atoms with E-state index in [1.54, 1.807) is 17.2 Å². The van der Waals surface area contributed by atoms with Crippen molar-refractivity contribution in [3.05, 3.63) is 25.3 Å². The fourth-order valence-corrected chi connectivity index (χ4v) is 0.523. The molecule has 0 atom stereocenters. The molecular formula is C7H13N3O. The van der Waals surface area contributed by atoms with Crippen LogP contribution in [0.2, 0.25) is 0 Å². The molecule has 4 heteroatoms. The summed E-state index contributed by atoms with van der Waals surface area (Å²) in [7, 11) is 0. The van der Waals surface area contributed by atoms with Crippen LogP contribution in [0.3, 0.4) is 0 Å². The highest BCUT2D eigenvalue weighted by Gasteiger charge is 1.97. The maximum absolute atomic E-state index is 4.97. The summed E-state index contributed by atoms with van der Waals surface area (Å²) < 4.78 is 0. The lowest BCUT2D eigenvalue weighted by atomic mass is 10.5. The second-order valence-corrected chi connectivity index (χ2v) is 1.76. The molecule has 0 aliphatic heterocycles. The summed E-state index contributed by atoms with van der Waals surface area (Å²) in [5.74, 6) is 0. The normalized spacial score (nSPS) is 10.3. The van der Waals surface area contributed by atoms with Gasteiger partial charge in [-0.15, -0.1) is 18.2 Å². The topological polar surface area (TPSA) is 50.8 Å². The van der Waals surface area contributed by atoms with Crippen molar-refractivity contribution < 1.29 is 4.94 Å². The molecule has 0 fully saturated rings. The van der Waals surface area contributed by atoms with E-state index in [0.717, 1.165) is 6.34 Å². The van der Waals surface area contributed by atoms with Crippen LogP contribution in [-0.4, -0.2) is 24.5 Å². The molecule has 2 N–H and O–H groups in total. The summed E-state index contributed by atoms with van der Waals surface area (Å²) in [6.07, 6.45) is 4.49. The molecular weight excluding hydrogens is 142 g/mol. The molecule has 4 nitrogen and oxygen atoms in total. The van der Waals surface area contributed by atoms with Gasteiger partial charge in [0.25, 0.3) is 0 Å². The molecule has 0 rings (SSSR count). The van der Waals surface area contributed by atoms with E-state index in [0.29, 0.717) is 13.1 Å². The molecule has 62 valence electrons. The molecule has 0 saturated heterocycles. The summed E-state index contributed by atoms with van der Waals surface area (Å²) in [6, 6.07) is 0. The SMILES string of the molecule is C=CCN(CC=C)ON=CN. The summed E-state index contributed by atoms with van der Waals surface area (Å²) in [6.45, 7) is 8.28. The Morgan fingerprint density at radius 3 is 2.27 bits per heavy atom. The van der Waals surface area contributed by atoms with Gasteiger partial charge in [0.2, 0.25) is 0 Å². The number of hydroxylamine groups is 2. The molecule has 0 aliphatic rings. The number of hydrogen-bond acceptors (Lipinski definition) is 3. The number of nitrogens with zero attached hydrogens (tertiary/aromatic N) is 2. The van der Waals surface area contributed by atoms with Gasteiger partial charge in [0.15, 0.2) is 0 Å². The van der Waals surface area contributed by atoms with Crippen LogP contribution in [0.4, 0.5) is 0 Å². The number of hydrogen-bond donors (Lipinski definition) is 1. The lowest BCUT2D eigenvalue weighted by Crippen LogP contribution is -2.22. The van der Waals surface area contributed by atoms with Crippen LogP contribution < -0.4 is 5.73 Å². The third-order valence-corrected chi connectivity index (χ3v) is 0.889. The Morgan fingerprint density at radius 1 is 1.36 bits per heavy atom. The van der Waals surface area contributed by atoms with E-state index in [9.17, 15) is 0 Å². The Labute approximate surface area is 66.6 Å². The highest BCUT2D eigenvalue weighted by molar-refractivity contribution is 5.49. The minimum atomic E-state index is 0.587.